The van der Waals surface area contributed by atoms with Crippen molar-refractivity contribution in [1.29, 1.82) is 0 Å². The van der Waals surface area contributed by atoms with E-state index in [0.29, 0.717) is 0 Å². The van der Waals surface area contributed by atoms with E-state index in [9.17, 15) is 0 Å². The van der Waals surface area contributed by atoms with Gasteiger partial charge in [0, 0.05) is 12.7 Å². The Morgan fingerprint density at radius 1 is 1.09 bits per heavy atom. The molecule has 0 heterocycles. The zero-order chi connectivity index (χ0) is 7.40. The van der Waals surface area contributed by atoms with E-state index in [-0.39, 0.29) is 12.4 Å². The first-order chi connectivity index (χ1) is 4.83. The first kappa shape index (κ1) is 10.3. The lowest BCUT2D eigenvalue weighted by atomic mass is 10.2. The topological polar surface area (TPSA) is 24.1 Å². The van der Waals surface area contributed by atoms with Gasteiger partial charge in [0.1, 0.15) is 0 Å². The van der Waals surface area contributed by atoms with Crippen LogP contribution in [-0.2, 0) is 0 Å². The Hall–Kier alpha value is -0.730. The number of anilines is 1. The summed E-state index contributed by atoms with van der Waals surface area (Å²) in [6, 6.07) is 8.21. The molecule has 0 unspecified atom stereocenters. The minimum Gasteiger partial charge on any atom is -0.322 e. The van der Waals surface area contributed by atoms with Gasteiger partial charge in [-0.15, -0.1) is 12.4 Å². The molecule has 1 aromatic rings. The predicted octanol–water partition coefficient (Wildman–Crippen LogP) is 1.96. The van der Waals surface area contributed by atoms with Gasteiger partial charge in [-0.25, -0.2) is 5.43 Å². The summed E-state index contributed by atoms with van der Waals surface area (Å²) >= 11 is 0. The van der Waals surface area contributed by atoms with Gasteiger partial charge in [-0.3, -0.25) is 0 Å². The van der Waals surface area contributed by atoms with E-state index >= 15 is 0 Å². The highest BCUT2D eigenvalue weighted by atomic mass is 35.5. The lowest BCUT2D eigenvalue weighted by Gasteiger charge is -2.02. The molecule has 0 aliphatic carbocycles. The Morgan fingerprint density at radius 2 is 1.64 bits per heavy atom. The van der Waals surface area contributed by atoms with Gasteiger partial charge < -0.3 is 5.43 Å². The third-order valence-corrected chi connectivity index (χ3v) is 1.32. The molecule has 1 rings (SSSR count). The van der Waals surface area contributed by atoms with Crippen LogP contribution in [0.15, 0.2) is 24.3 Å². The number of aryl methyl sites for hydroxylation is 1. The molecule has 0 amide bonds. The van der Waals surface area contributed by atoms with Crippen LogP contribution in [-0.4, -0.2) is 7.05 Å². The number of halogens is 1. The van der Waals surface area contributed by atoms with Crippen molar-refractivity contribution >= 4 is 18.1 Å². The molecule has 0 spiro atoms. The van der Waals surface area contributed by atoms with Crippen LogP contribution in [0.2, 0.25) is 0 Å². The summed E-state index contributed by atoms with van der Waals surface area (Å²) < 4.78 is 0. The highest BCUT2D eigenvalue weighted by Crippen LogP contribution is 2.06. The standard InChI is InChI=1S/C8H12N2.ClH/c1-7-3-5-8(6-4-7)10-9-2;/h3-6,9-10H,1-2H3;1H. The number of hydrazine groups is 1. The Labute approximate surface area is 73.4 Å². The molecule has 2 N–H and O–H groups in total. The fourth-order valence-electron chi connectivity index (χ4n) is 0.781. The molecule has 0 fully saturated rings. The first-order valence-corrected chi connectivity index (χ1v) is 3.32. The fourth-order valence-corrected chi connectivity index (χ4v) is 0.781. The van der Waals surface area contributed by atoms with Crippen LogP contribution in [0.1, 0.15) is 5.56 Å². The Morgan fingerprint density at radius 3 is 2.09 bits per heavy atom. The second-order valence-corrected chi connectivity index (χ2v) is 2.24. The van der Waals surface area contributed by atoms with Crippen molar-refractivity contribution in [2.45, 2.75) is 6.92 Å². The number of rotatable bonds is 2. The molecule has 0 bridgehead atoms. The van der Waals surface area contributed by atoms with E-state index in [2.05, 4.69) is 29.9 Å². The van der Waals surface area contributed by atoms with Crippen LogP contribution in [0.4, 0.5) is 5.69 Å². The van der Waals surface area contributed by atoms with Crippen molar-refractivity contribution in [3.05, 3.63) is 29.8 Å². The highest BCUT2D eigenvalue weighted by molar-refractivity contribution is 5.85. The molecular formula is C8H13ClN2. The van der Waals surface area contributed by atoms with Crippen LogP contribution >= 0.6 is 12.4 Å². The van der Waals surface area contributed by atoms with Gasteiger partial charge in [-0.1, -0.05) is 17.7 Å². The van der Waals surface area contributed by atoms with E-state index in [1.807, 2.05) is 19.2 Å². The molecule has 0 aromatic heterocycles. The molecule has 62 valence electrons. The molecule has 1 aromatic carbocycles. The Kier molecular flexibility index (Phi) is 4.66. The van der Waals surface area contributed by atoms with E-state index in [1.54, 1.807) is 0 Å². The van der Waals surface area contributed by atoms with Gasteiger partial charge in [-0.2, -0.15) is 0 Å². The van der Waals surface area contributed by atoms with E-state index < -0.39 is 0 Å². The molecule has 3 heteroatoms. The Bertz CT molecular complexity index is 196. The molecule has 0 aliphatic rings. The summed E-state index contributed by atoms with van der Waals surface area (Å²) in [5.41, 5.74) is 8.21. The summed E-state index contributed by atoms with van der Waals surface area (Å²) in [5.74, 6) is 0. The summed E-state index contributed by atoms with van der Waals surface area (Å²) in [5, 5.41) is 0. The van der Waals surface area contributed by atoms with E-state index in [4.69, 9.17) is 0 Å². The summed E-state index contributed by atoms with van der Waals surface area (Å²) in [4.78, 5) is 0. The largest absolute Gasteiger partial charge is 0.322 e. The normalized spacial score (nSPS) is 8.55. The molecule has 2 nitrogen and oxygen atoms in total. The molecule has 0 saturated carbocycles. The van der Waals surface area contributed by atoms with Crippen LogP contribution in [0.25, 0.3) is 0 Å². The minimum absolute atomic E-state index is 0. The van der Waals surface area contributed by atoms with Crippen molar-refractivity contribution in [3.63, 3.8) is 0 Å². The minimum atomic E-state index is 0. The third-order valence-electron chi connectivity index (χ3n) is 1.32. The average molecular weight is 173 g/mol. The second-order valence-electron chi connectivity index (χ2n) is 2.24. The summed E-state index contributed by atoms with van der Waals surface area (Å²) in [6.45, 7) is 2.07. The number of hydrogen-bond donors (Lipinski definition) is 2. The average Bonchev–Trinajstić information content (AvgIpc) is 1.95. The van der Waals surface area contributed by atoms with Crippen molar-refractivity contribution in [2.24, 2.45) is 0 Å². The number of nitrogens with one attached hydrogen (secondary N) is 2. The number of hydrogen-bond acceptors (Lipinski definition) is 2. The van der Waals surface area contributed by atoms with Crippen LogP contribution < -0.4 is 10.9 Å². The summed E-state index contributed by atoms with van der Waals surface area (Å²) in [7, 11) is 1.85. The van der Waals surface area contributed by atoms with Crippen molar-refractivity contribution in [1.82, 2.24) is 5.43 Å². The maximum atomic E-state index is 2.98. The van der Waals surface area contributed by atoms with Gasteiger partial charge in [0.25, 0.3) is 0 Å². The van der Waals surface area contributed by atoms with Gasteiger partial charge in [0.05, 0.1) is 0 Å². The Balaban J connectivity index is 0.000001000. The fraction of sp³-hybridized carbons (Fsp3) is 0.250. The van der Waals surface area contributed by atoms with Crippen LogP contribution in [0.3, 0.4) is 0 Å². The van der Waals surface area contributed by atoms with Crippen molar-refractivity contribution in [3.8, 4) is 0 Å². The summed E-state index contributed by atoms with van der Waals surface area (Å²) in [6.07, 6.45) is 0. The predicted molar refractivity (Wildman–Crippen MR) is 51.1 cm³/mol. The van der Waals surface area contributed by atoms with Gasteiger partial charge in [0.15, 0.2) is 0 Å². The molecule has 11 heavy (non-hydrogen) atoms. The van der Waals surface area contributed by atoms with E-state index in [1.165, 1.54) is 5.56 Å². The SMILES string of the molecule is CNNc1ccc(C)cc1.Cl. The maximum Gasteiger partial charge on any atom is 0.0487 e. The van der Waals surface area contributed by atoms with Gasteiger partial charge >= 0.3 is 0 Å². The third kappa shape index (κ3) is 3.25. The van der Waals surface area contributed by atoms with Crippen LogP contribution in [0.5, 0.6) is 0 Å². The van der Waals surface area contributed by atoms with Crippen molar-refractivity contribution < 1.29 is 0 Å². The van der Waals surface area contributed by atoms with Gasteiger partial charge in [0.2, 0.25) is 0 Å². The molecule has 0 aliphatic heterocycles. The smallest absolute Gasteiger partial charge is 0.0487 e. The van der Waals surface area contributed by atoms with Crippen LogP contribution in [0, 0.1) is 6.92 Å². The maximum absolute atomic E-state index is 2.98. The molecule has 0 radical (unpaired) electrons. The lowest BCUT2D eigenvalue weighted by Crippen LogP contribution is -2.14. The molecule has 0 atom stereocenters. The zero-order valence-electron chi connectivity index (χ0n) is 6.72. The highest BCUT2D eigenvalue weighted by Gasteiger charge is 1.85. The zero-order valence-corrected chi connectivity index (χ0v) is 7.53. The molecule has 0 saturated heterocycles. The lowest BCUT2D eigenvalue weighted by molar-refractivity contribution is 0.984. The number of benzene rings is 1. The van der Waals surface area contributed by atoms with E-state index in [0.717, 1.165) is 5.69 Å². The first-order valence-electron chi connectivity index (χ1n) is 3.32. The molecular weight excluding hydrogens is 160 g/mol. The quantitative estimate of drug-likeness (QED) is 0.667. The van der Waals surface area contributed by atoms with Gasteiger partial charge in [-0.05, 0) is 19.1 Å². The monoisotopic (exact) mass is 172 g/mol. The van der Waals surface area contributed by atoms with Crippen molar-refractivity contribution in [2.75, 3.05) is 12.5 Å². The second kappa shape index (κ2) is 4.99.